The Morgan fingerprint density at radius 3 is 2.56 bits per heavy atom. The van der Waals surface area contributed by atoms with Gasteiger partial charge in [-0.1, -0.05) is 30.3 Å². The molecule has 1 fully saturated rings. The summed E-state index contributed by atoms with van der Waals surface area (Å²) >= 11 is 1.17. The van der Waals surface area contributed by atoms with Crippen LogP contribution in [0.2, 0.25) is 0 Å². The fourth-order valence-electron chi connectivity index (χ4n) is 3.66. The maximum absolute atomic E-state index is 12.9. The van der Waals surface area contributed by atoms with E-state index in [1.165, 1.54) is 18.6 Å². The van der Waals surface area contributed by atoms with Gasteiger partial charge in [0.2, 0.25) is 5.91 Å². The van der Waals surface area contributed by atoms with Gasteiger partial charge in [0.1, 0.15) is 0 Å². The van der Waals surface area contributed by atoms with Gasteiger partial charge >= 0.3 is 0 Å². The molecule has 0 aliphatic carbocycles. The fraction of sp³-hybridized carbons (Fsp3) is 0.304. The van der Waals surface area contributed by atoms with Crippen LogP contribution in [0.25, 0.3) is 0 Å². The number of benzene rings is 2. The van der Waals surface area contributed by atoms with E-state index in [4.69, 9.17) is 15.2 Å². The van der Waals surface area contributed by atoms with Gasteiger partial charge in [-0.15, -0.1) is 0 Å². The normalized spacial score (nSPS) is 14.2. The zero-order valence-electron chi connectivity index (χ0n) is 17.7. The maximum atomic E-state index is 12.9. The summed E-state index contributed by atoms with van der Waals surface area (Å²) in [5.41, 5.74) is 6.99. The molecule has 2 amide bonds. The minimum atomic E-state index is -0.302. The maximum Gasteiger partial charge on any atom is 0.298 e. The van der Waals surface area contributed by atoms with Crippen LogP contribution in [-0.4, -0.2) is 46.3 Å². The minimum Gasteiger partial charge on any atom is -0.493 e. The van der Waals surface area contributed by atoms with Gasteiger partial charge in [-0.3, -0.25) is 9.59 Å². The number of rotatable bonds is 7. The second-order valence-electron chi connectivity index (χ2n) is 7.58. The van der Waals surface area contributed by atoms with E-state index < -0.39 is 0 Å². The molecule has 2 aromatic carbocycles. The Morgan fingerprint density at radius 2 is 1.88 bits per heavy atom. The highest BCUT2D eigenvalue weighted by molar-refractivity contribution is 7.07. The smallest absolute Gasteiger partial charge is 0.298 e. The van der Waals surface area contributed by atoms with Crippen LogP contribution in [0.5, 0.6) is 16.7 Å². The number of carbonyl (C=O) groups is 2. The van der Waals surface area contributed by atoms with Crippen LogP contribution in [0.4, 0.5) is 0 Å². The lowest BCUT2D eigenvalue weighted by Gasteiger charge is -2.30. The summed E-state index contributed by atoms with van der Waals surface area (Å²) in [6.45, 7) is 1.00. The first kappa shape index (κ1) is 21.8. The first-order chi connectivity index (χ1) is 15.5. The highest BCUT2D eigenvalue weighted by Gasteiger charge is 2.27. The number of ether oxygens (including phenoxy) is 2. The molecule has 1 aromatic heterocycles. The molecule has 1 saturated heterocycles. The predicted molar refractivity (Wildman–Crippen MR) is 120 cm³/mol. The van der Waals surface area contributed by atoms with E-state index in [1.807, 2.05) is 30.3 Å². The van der Waals surface area contributed by atoms with E-state index in [1.54, 1.807) is 23.1 Å². The summed E-state index contributed by atoms with van der Waals surface area (Å²) in [7, 11) is 1.52. The number of nitrogens with two attached hydrogens (primary N) is 1. The summed E-state index contributed by atoms with van der Waals surface area (Å²) in [5, 5.41) is 0.404. The number of hydrogen-bond donors (Lipinski definition) is 1. The van der Waals surface area contributed by atoms with Crippen LogP contribution in [0, 0.1) is 5.92 Å². The number of carbonyl (C=O) groups excluding carboxylic acids is 2. The van der Waals surface area contributed by atoms with Gasteiger partial charge in [-0.05, 0) is 36.6 Å². The molecule has 0 bridgehead atoms. The molecule has 166 valence electrons. The van der Waals surface area contributed by atoms with E-state index >= 15 is 0 Å². The third-order valence-electron chi connectivity index (χ3n) is 5.45. The van der Waals surface area contributed by atoms with Crippen molar-refractivity contribution in [2.45, 2.75) is 19.3 Å². The average Bonchev–Trinajstić information content (AvgIpc) is 3.26. The van der Waals surface area contributed by atoms with Crippen molar-refractivity contribution in [1.82, 2.24) is 14.3 Å². The van der Waals surface area contributed by atoms with E-state index in [-0.39, 0.29) is 17.7 Å². The number of likely N-dealkylation sites (tertiary alicyclic amines) is 1. The monoisotopic (exact) mass is 452 g/mol. The Hall–Kier alpha value is -3.46. The summed E-state index contributed by atoms with van der Waals surface area (Å²) in [4.78, 5) is 30.4. The van der Waals surface area contributed by atoms with Crippen molar-refractivity contribution in [3.05, 3.63) is 65.5 Å². The van der Waals surface area contributed by atoms with Gasteiger partial charge in [0.15, 0.2) is 17.3 Å². The second kappa shape index (κ2) is 9.78. The topological polar surface area (TPSA) is 108 Å². The molecule has 4 rings (SSSR count). The SMILES string of the molecule is COc1cc(C(=O)N2CCC(C(N)=O)CC2)ccc1Oc1nc(Cc2ccccc2)ns1. The van der Waals surface area contributed by atoms with Gasteiger partial charge in [-0.25, -0.2) is 0 Å². The lowest BCUT2D eigenvalue weighted by Crippen LogP contribution is -2.41. The Kier molecular flexibility index (Phi) is 6.65. The Balaban J connectivity index is 1.43. The molecular formula is C23H24N4O4S. The minimum absolute atomic E-state index is 0.112. The van der Waals surface area contributed by atoms with E-state index in [0.29, 0.717) is 60.4 Å². The summed E-state index contributed by atoms with van der Waals surface area (Å²) < 4.78 is 15.7. The fourth-order valence-corrected chi connectivity index (χ4v) is 4.22. The third-order valence-corrected chi connectivity index (χ3v) is 6.08. The number of nitrogens with zero attached hydrogens (tertiary/aromatic N) is 3. The quantitative estimate of drug-likeness (QED) is 0.590. The Bertz CT molecular complexity index is 1090. The standard InChI is InChI=1S/C23H24N4O4S/c1-30-19-14-17(22(29)27-11-9-16(10-12-27)21(24)28)7-8-18(19)31-23-25-20(26-32-23)13-15-5-3-2-4-6-15/h2-8,14,16H,9-13H2,1H3,(H2,24,28). The van der Waals surface area contributed by atoms with Crippen molar-refractivity contribution < 1.29 is 19.1 Å². The molecule has 1 aliphatic heterocycles. The number of piperidine rings is 1. The first-order valence-corrected chi connectivity index (χ1v) is 11.1. The molecule has 8 nitrogen and oxygen atoms in total. The molecule has 0 saturated carbocycles. The van der Waals surface area contributed by atoms with E-state index in [9.17, 15) is 9.59 Å². The molecule has 3 aromatic rings. The molecule has 9 heteroatoms. The summed E-state index contributed by atoms with van der Waals surface area (Å²) in [6, 6.07) is 15.0. The van der Waals surface area contributed by atoms with Crippen molar-refractivity contribution in [2.24, 2.45) is 11.7 Å². The lowest BCUT2D eigenvalue weighted by atomic mass is 9.96. The van der Waals surface area contributed by atoms with Gasteiger partial charge < -0.3 is 20.1 Å². The number of amides is 2. The number of hydrogen-bond acceptors (Lipinski definition) is 7. The highest BCUT2D eigenvalue weighted by atomic mass is 32.1. The first-order valence-electron chi connectivity index (χ1n) is 10.3. The van der Waals surface area contributed by atoms with Crippen molar-refractivity contribution in [1.29, 1.82) is 0 Å². The van der Waals surface area contributed by atoms with Gasteiger partial charge in [0.05, 0.1) is 7.11 Å². The van der Waals surface area contributed by atoms with Gasteiger partial charge in [0.25, 0.3) is 11.1 Å². The van der Waals surface area contributed by atoms with E-state index in [2.05, 4.69) is 9.36 Å². The zero-order valence-corrected chi connectivity index (χ0v) is 18.5. The summed E-state index contributed by atoms with van der Waals surface area (Å²) in [6.07, 6.45) is 1.79. The largest absolute Gasteiger partial charge is 0.493 e. The van der Waals surface area contributed by atoms with Crippen LogP contribution in [0.1, 0.15) is 34.6 Å². The van der Waals surface area contributed by atoms with Crippen molar-refractivity contribution in [2.75, 3.05) is 20.2 Å². The van der Waals surface area contributed by atoms with Crippen molar-refractivity contribution in [3.8, 4) is 16.7 Å². The molecule has 2 N–H and O–H groups in total. The van der Waals surface area contributed by atoms with Crippen LogP contribution in [0.15, 0.2) is 48.5 Å². The van der Waals surface area contributed by atoms with E-state index in [0.717, 1.165) is 5.56 Å². The molecule has 0 radical (unpaired) electrons. The second-order valence-corrected chi connectivity index (χ2v) is 8.29. The van der Waals surface area contributed by atoms with Crippen LogP contribution in [0.3, 0.4) is 0 Å². The van der Waals surface area contributed by atoms with Crippen LogP contribution >= 0.6 is 11.5 Å². The lowest BCUT2D eigenvalue weighted by molar-refractivity contribution is -0.123. The van der Waals surface area contributed by atoms with Gasteiger partial charge in [0, 0.05) is 42.5 Å². The number of methoxy groups -OCH3 is 1. The predicted octanol–water partition coefficient (Wildman–Crippen LogP) is 3.27. The molecule has 1 aliphatic rings. The molecule has 0 atom stereocenters. The van der Waals surface area contributed by atoms with Crippen LogP contribution < -0.4 is 15.2 Å². The molecule has 0 unspecified atom stereocenters. The molecule has 0 spiro atoms. The number of primary amides is 1. The Labute approximate surface area is 190 Å². The third kappa shape index (κ3) is 5.05. The molecule has 2 heterocycles. The highest BCUT2D eigenvalue weighted by Crippen LogP contribution is 2.34. The van der Waals surface area contributed by atoms with Crippen molar-refractivity contribution in [3.63, 3.8) is 0 Å². The molecular weight excluding hydrogens is 428 g/mol. The zero-order chi connectivity index (χ0) is 22.5. The molecule has 32 heavy (non-hydrogen) atoms. The van der Waals surface area contributed by atoms with Crippen molar-refractivity contribution >= 4 is 23.3 Å². The van der Waals surface area contributed by atoms with Crippen LogP contribution in [-0.2, 0) is 11.2 Å². The average molecular weight is 453 g/mol. The van der Waals surface area contributed by atoms with Gasteiger partial charge in [-0.2, -0.15) is 9.36 Å². The Morgan fingerprint density at radius 1 is 1.12 bits per heavy atom. The number of aromatic nitrogens is 2. The summed E-state index contributed by atoms with van der Waals surface area (Å²) in [5.74, 6) is 0.994.